The van der Waals surface area contributed by atoms with E-state index in [-0.39, 0.29) is 5.92 Å². The van der Waals surface area contributed by atoms with Crippen molar-refractivity contribution >= 4 is 5.91 Å². The number of hydrogen-bond acceptors (Lipinski definition) is 1. The van der Waals surface area contributed by atoms with Crippen LogP contribution >= 0.6 is 0 Å². The molecule has 2 atom stereocenters. The molecule has 0 aliphatic carbocycles. The Morgan fingerprint density at radius 3 is 2.69 bits per heavy atom. The maximum atomic E-state index is 11.5. The molecule has 0 unspecified atom stereocenters. The molecule has 0 saturated carbocycles. The topological polar surface area (TPSA) is 20.3 Å². The fourth-order valence-electron chi connectivity index (χ4n) is 2.07. The van der Waals surface area contributed by atoms with Gasteiger partial charge in [-0.25, -0.2) is 0 Å². The van der Waals surface area contributed by atoms with E-state index in [9.17, 15) is 4.79 Å². The van der Waals surface area contributed by atoms with Crippen LogP contribution in [0.2, 0.25) is 0 Å². The first kappa shape index (κ1) is 10.3. The minimum absolute atomic E-state index is 0.224. The summed E-state index contributed by atoms with van der Waals surface area (Å²) in [4.78, 5) is 13.3. The molecule has 1 fully saturated rings. The number of nitrogens with zero attached hydrogens (tertiary/aromatic N) is 1. The van der Waals surface area contributed by atoms with Crippen molar-refractivity contribution in [2.24, 2.45) is 5.92 Å². The van der Waals surface area contributed by atoms with Gasteiger partial charge in [-0.3, -0.25) is 4.79 Å². The summed E-state index contributed by atoms with van der Waals surface area (Å²) >= 11 is 0. The highest BCUT2D eigenvalue weighted by molar-refractivity contribution is 5.85. The fourth-order valence-corrected chi connectivity index (χ4v) is 2.07. The molecule has 0 aromatic carbocycles. The molecule has 0 bridgehead atoms. The van der Waals surface area contributed by atoms with Gasteiger partial charge in [0.2, 0.25) is 5.91 Å². The highest BCUT2D eigenvalue weighted by atomic mass is 16.2. The molecule has 1 rings (SSSR count). The molecule has 2 nitrogen and oxygen atoms in total. The van der Waals surface area contributed by atoms with Gasteiger partial charge in [0, 0.05) is 13.1 Å². The Morgan fingerprint density at radius 1 is 1.62 bits per heavy atom. The van der Waals surface area contributed by atoms with E-state index in [0.29, 0.717) is 11.9 Å². The van der Waals surface area contributed by atoms with Crippen molar-refractivity contribution in [2.45, 2.75) is 39.2 Å². The van der Waals surface area contributed by atoms with E-state index in [0.717, 1.165) is 24.8 Å². The van der Waals surface area contributed by atoms with E-state index >= 15 is 0 Å². The monoisotopic (exact) mass is 181 g/mol. The molecule has 2 heteroatoms. The molecule has 1 amide bonds. The highest BCUT2D eigenvalue weighted by Crippen LogP contribution is 2.32. The lowest BCUT2D eigenvalue weighted by Crippen LogP contribution is -2.58. The molecule has 74 valence electrons. The van der Waals surface area contributed by atoms with Crippen LogP contribution in [0.4, 0.5) is 0 Å². The van der Waals surface area contributed by atoms with Crippen LogP contribution in [0.1, 0.15) is 33.1 Å². The van der Waals surface area contributed by atoms with Gasteiger partial charge in [0.1, 0.15) is 0 Å². The van der Waals surface area contributed by atoms with Gasteiger partial charge in [-0.1, -0.05) is 18.9 Å². The van der Waals surface area contributed by atoms with Gasteiger partial charge in [0.05, 0.1) is 5.92 Å². The summed E-state index contributed by atoms with van der Waals surface area (Å²) in [5.41, 5.74) is 1.12. The lowest BCUT2D eigenvalue weighted by molar-refractivity contribution is -0.153. The van der Waals surface area contributed by atoms with Crippen LogP contribution in [0, 0.1) is 5.92 Å². The number of hydrogen-bond donors (Lipinski definition) is 0. The average Bonchev–Trinajstić information content (AvgIpc) is 2.10. The third kappa shape index (κ3) is 1.93. The lowest BCUT2D eigenvalue weighted by Gasteiger charge is -2.45. The van der Waals surface area contributed by atoms with E-state index < -0.39 is 0 Å². The molecule has 0 spiro atoms. The summed E-state index contributed by atoms with van der Waals surface area (Å²) in [7, 11) is 1.90. The van der Waals surface area contributed by atoms with Crippen LogP contribution in [-0.2, 0) is 4.79 Å². The Morgan fingerprint density at radius 2 is 2.23 bits per heavy atom. The third-order valence-corrected chi connectivity index (χ3v) is 2.78. The molecule has 0 N–H and O–H groups in total. The quantitative estimate of drug-likeness (QED) is 0.481. The van der Waals surface area contributed by atoms with Gasteiger partial charge < -0.3 is 4.90 Å². The molecular weight excluding hydrogens is 162 g/mol. The van der Waals surface area contributed by atoms with Gasteiger partial charge in [0.15, 0.2) is 0 Å². The lowest BCUT2D eigenvalue weighted by atomic mass is 9.81. The highest BCUT2D eigenvalue weighted by Gasteiger charge is 2.43. The average molecular weight is 181 g/mol. The van der Waals surface area contributed by atoms with Crippen LogP contribution < -0.4 is 0 Å². The molecule has 1 saturated heterocycles. The first-order valence-electron chi connectivity index (χ1n) is 4.99. The largest absolute Gasteiger partial charge is 0.342 e. The molecule has 0 aromatic rings. The SMILES string of the molecule is C=C(C)C[C@H]1C(=O)N(C)[C@H]1CCC. The predicted molar refractivity (Wildman–Crippen MR) is 54.4 cm³/mol. The van der Waals surface area contributed by atoms with Crippen LogP contribution in [0.3, 0.4) is 0 Å². The van der Waals surface area contributed by atoms with Crippen molar-refractivity contribution in [1.82, 2.24) is 4.90 Å². The Balaban J connectivity index is 2.52. The summed E-state index contributed by atoms with van der Waals surface area (Å²) in [5.74, 6) is 0.517. The van der Waals surface area contributed by atoms with Crippen LogP contribution in [0.5, 0.6) is 0 Å². The third-order valence-electron chi connectivity index (χ3n) is 2.78. The number of carbonyl (C=O) groups excluding carboxylic acids is 1. The molecular formula is C11H19NO. The molecule has 1 aliphatic heterocycles. The number of carbonyl (C=O) groups is 1. The fraction of sp³-hybridized carbons (Fsp3) is 0.727. The van der Waals surface area contributed by atoms with Crippen molar-refractivity contribution in [3.05, 3.63) is 12.2 Å². The van der Waals surface area contributed by atoms with Gasteiger partial charge in [0.25, 0.3) is 0 Å². The maximum Gasteiger partial charge on any atom is 0.228 e. The number of β-lactam (4-membered cyclic amide) rings is 1. The number of rotatable bonds is 4. The predicted octanol–water partition coefficient (Wildman–Crippen LogP) is 2.21. The number of amides is 1. The van der Waals surface area contributed by atoms with Gasteiger partial charge in [-0.05, 0) is 19.8 Å². The second-order valence-electron chi connectivity index (χ2n) is 4.07. The standard InChI is InChI=1S/C11H19NO/c1-5-6-10-9(7-8(2)3)11(13)12(10)4/h9-10H,2,5-7H2,1,3-4H3/t9-,10+/m1/s1. The van der Waals surface area contributed by atoms with E-state index in [1.54, 1.807) is 0 Å². The zero-order valence-corrected chi connectivity index (χ0v) is 8.84. The second kappa shape index (κ2) is 3.95. The van der Waals surface area contributed by atoms with E-state index in [1.165, 1.54) is 0 Å². The molecule has 0 radical (unpaired) electrons. The molecule has 0 aromatic heterocycles. The summed E-state index contributed by atoms with van der Waals surface area (Å²) in [5, 5.41) is 0. The zero-order valence-electron chi connectivity index (χ0n) is 8.84. The van der Waals surface area contributed by atoms with Crippen LogP contribution in [0.15, 0.2) is 12.2 Å². The Labute approximate surface area is 80.6 Å². The Kier molecular flexibility index (Phi) is 3.12. The minimum atomic E-state index is 0.224. The molecule has 1 heterocycles. The van der Waals surface area contributed by atoms with Crippen molar-refractivity contribution in [3.63, 3.8) is 0 Å². The van der Waals surface area contributed by atoms with Crippen molar-refractivity contribution in [3.8, 4) is 0 Å². The summed E-state index contributed by atoms with van der Waals surface area (Å²) in [6.07, 6.45) is 3.14. The summed E-state index contributed by atoms with van der Waals surface area (Å²) < 4.78 is 0. The van der Waals surface area contributed by atoms with Gasteiger partial charge in [-0.15, -0.1) is 6.58 Å². The van der Waals surface area contributed by atoms with Gasteiger partial charge in [-0.2, -0.15) is 0 Å². The summed E-state index contributed by atoms with van der Waals surface area (Å²) in [6.45, 7) is 8.02. The second-order valence-corrected chi connectivity index (χ2v) is 4.07. The Bertz CT molecular complexity index is 222. The van der Waals surface area contributed by atoms with E-state index in [4.69, 9.17) is 0 Å². The molecule has 13 heavy (non-hydrogen) atoms. The number of likely N-dealkylation sites (tertiary alicyclic amines) is 1. The first-order valence-corrected chi connectivity index (χ1v) is 4.99. The number of allylic oxidation sites excluding steroid dienone is 1. The first-order chi connectivity index (χ1) is 6.07. The van der Waals surface area contributed by atoms with Crippen molar-refractivity contribution < 1.29 is 4.79 Å². The zero-order chi connectivity index (χ0) is 10.0. The van der Waals surface area contributed by atoms with Crippen LogP contribution in [0.25, 0.3) is 0 Å². The van der Waals surface area contributed by atoms with Crippen molar-refractivity contribution in [1.29, 1.82) is 0 Å². The summed E-state index contributed by atoms with van der Waals surface area (Å²) in [6, 6.07) is 0.467. The Hall–Kier alpha value is -0.790. The van der Waals surface area contributed by atoms with Crippen molar-refractivity contribution in [2.75, 3.05) is 7.05 Å². The smallest absolute Gasteiger partial charge is 0.228 e. The van der Waals surface area contributed by atoms with Crippen LogP contribution in [-0.4, -0.2) is 23.9 Å². The normalized spacial score (nSPS) is 27.3. The van der Waals surface area contributed by atoms with Gasteiger partial charge >= 0.3 is 0 Å². The van der Waals surface area contributed by atoms with E-state index in [1.807, 2.05) is 18.9 Å². The van der Waals surface area contributed by atoms with E-state index in [2.05, 4.69) is 13.5 Å². The minimum Gasteiger partial charge on any atom is -0.342 e. The molecule has 1 aliphatic rings. The maximum absolute atomic E-state index is 11.5.